The first-order valence-electron chi connectivity index (χ1n) is 9.67. The molecule has 1 fully saturated rings. The quantitative estimate of drug-likeness (QED) is 0.544. The summed E-state index contributed by atoms with van der Waals surface area (Å²) in [4.78, 5) is 16.5. The van der Waals surface area contributed by atoms with E-state index in [0.717, 1.165) is 18.9 Å². The average Bonchev–Trinajstić information content (AvgIpc) is 3.33. The van der Waals surface area contributed by atoms with E-state index in [1.807, 2.05) is 6.07 Å². The Kier molecular flexibility index (Phi) is 6.15. The van der Waals surface area contributed by atoms with E-state index in [1.54, 1.807) is 13.1 Å². The molecule has 1 atom stereocenters. The van der Waals surface area contributed by atoms with Crippen molar-refractivity contribution in [2.75, 3.05) is 17.8 Å². The van der Waals surface area contributed by atoms with Crippen LogP contribution in [0.3, 0.4) is 0 Å². The lowest BCUT2D eigenvalue weighted by Gasteiger charge is -2.24. The van der Waals surface area contributed by atoms with E-state index in [9.17, 15) is 23.9 Å². The molecule has 0 amide bonds. The number of ether oxygens (including phenoxy) is 1. The molecule has 1 aliphatic heterocycles. The van der Waals surface area contributed by atoms with E-state index in [4.69, 9.17) is 4.74 Å². The molecule has 1 saturated heterocycles. The molecule has 10 nitrogen and oxygen atoms in total. The molecule has 0 spiro atoms. The second-order valence-corrected chi connectivity index (χ2v) is 8.15. The molecule has 1 aliphatic rings. The number of nitriles is 1. The van der Waals surface area contributed by atoms with Gasteiger partial charge in [-0.1, -0.05) is 0 Å². The molecule has 0 saturated carbocycles. The fourth-order valence-corrected chi connectivity index (χ4v) is 4.15. The van der Waals surface area contributed by atoms with Crippen LogP contribution in [0.25, 0.3) is 10.9 Å². The molecule has 12 heteroatoms. The van der Waals surface area contributed by atoms with E-state index >= 15 is 0 Å². The highest BCUT2D eigenvalue weighted by molar-refractivity contribution is 7.83. The summed E-state index contributed by atoms with van der Waals surface area (Å²) in [6.07, 6.45) is 3.10. The summed E-state index contributed by atoms with van der Waals surface area (Å²) < 4.78 is 37.0. The summed E-state index contributed by atoms with van der Waals surface area (Å²) in [7, 11) is 1.55. The molecule has 2 aromatic carbocycles. The Bertz CT molecular complexity index is 1300. The first-order valence-corrected chi connectivity index (χ1v) is 10.8. The Morgan fingerprint density at radius 2 is 2.06 bits per heavy atom. The van der Waals surface area contributed by atoms with Crippen LogP contribution < -0.4 is 15.0 Å². The largest absolute Gasteiger partial charge is 0.453 e. The number of nitrogens with one attached hydrogen (secondary N) is 1. The molecule has 0 aliphatic carbocycles. The molecule has 0 bridgehead atoms. The number of benzene rings is 2. The van der Waals surface area contributed by atoms with E-state index in [1.165, 1.54) is 34.1 Å². The van der Waals surface area contributed by atoms with Gasteiger partial charge in [0, 0.05) is 20.1 Å². The van der Waals surface area contributed by atoms with Crippen molar-refractivity contribution in [3.63, 3.8) is 0 Å². The Morgan fingerprint density at radius 1 is 1.31 bits per heavy atom. The Labute approximate surface area is 184 Å². The van der Waals surface area contributed by atoms with Gasteiger partial charge in [-0.05, 0) is 47.8 Å². The van der Waals surface area contributed by atoms with Gasteiger partial charge in [0.05, 0.1) is 22.9 Å². The topological polar surface area (TPSA) is 124 Å². The summed E-state index contributed by atoms with van der Waals surface area (Å²) in [5, 5.41) is 21.5. The van der Waals surface area contributed by atoms with Crippen molar-refractivity contribution in [3.05, 3.63) is 58.4 Å². The number of hydrogen-bond acceptors (Lipinski definition) is 7. The normalized spacial score (nSPS) is 15.1. The lowest BCUT2D eigenvalue weighted by Crippen LogP contribution is -2.41. The fourth-order valence-electron chi connectivity index (χ4n) is 3.34. The zero-order valence-corrected chi connectivity index (χ0v) is 17.8. The molecule has 166 valence electrons. The predicted octanol–water partition coefficient (Wildman–Crippen LogP) is 2.43. The number of anilines is 1. The smallest absolute Gasteiger partial charge is 0.261 e. The van der Waals surface area contributed by atoms with E-state index in [0.29, 0.717) is 23.2 Å². The van der Waals surface area contributed by atoms with Crippen LogP contribution in [-0.2, 0) is 18.2 Å². The predicted molar refractivity (Wildman–Crippen MR) is 114 cm³/mol. The van der Waals surface area contributed by atoms with Gasteiger partial charge in [-0.15, -0.1) is 0 Å². The van der Waals surface area contributed by atoms with Crippen LogP contribution in [0.5, 0.6) is 11.5 Å². The van der Waals surface area contributed by atoms with Crippen LogP contribution in [0.1, 0.15) is 18.4 Å². The third kappa shape index (κ3) is 4.19. The van der Waals surface area contributed by atoms with E-state index in [-0.39, 0.29) is 27.9 Å². The van der Waals surface area contributed by atoms with Gasteiger partial charge in [0.25, 0.3) is 5.56 Å². The van der Waals surface area contributed by atoms with Crippen molar-refractivity contribution in [2.45, 2.75) is 12.8 Å². The van der Waals surface area contributed by atoms with E-state index < -0.39 is 22.7 Å². The molecule has 3 aromatic rings. The van der Waals surface area contributed by atoms with Crippen molar-refractivity contribution in [1.29, 1.82) is 5.26 Å². The third-order valence-electron chi connectivity index (χ3n) is 5.00. The fraction of sp³-hybridized carbons (Fsp3) is 0.250. The number of aryl methyl sites for hydroxylation is 1. The van der Waals surface area contributed by atoms with Crippen molar-refractivity contribution in [1.82, 2.24) is 19.1 Å². The number of nitrogens with zero attached hydrogens (tertiary/aromatic N) is 5. The van der Waals surface area contributed by atoms with Gasteiger partial charge in [-0.2, -0.15) is 5.26 Å². The van der Waals surface area contributed by atoms with Gasteiger partial charge in [-0.25, -0.2) is 18.6 Å². The lowest BCUT2D eigenvalue weighted by molar-refractivity contribution is -0.150. The number of aromatic nitrogens is 2. The molecule has 4 rings (SSSR count). The van der Waals surface area contributed by atoms with Crippen LogP contribution in [0.4, 0.5) is 10.1 Å². The standard InChI is InChI=1S/C20H19FN6O4S/c1-25-12-23-17-6-4-13(10-14(17)20(25)28)31-19-15(11-22)18(7-5-16(19)21)24-32(30)27(29)26-8-2-3-9-26/h4-7,10,12,24,29H,2-3,8-9H2,1H3. The van der Waals surface area contributed by atoms with Gasteiger partial charge in [-0.3, -0.25) is 14.7 Å². The van der Waals surface area contributed by atoms with Crippen molar-refractivity contribution in [3.8, 4) is 17.6 Å². The van der Waals surface area contributed by atoms with Crippen molar-refractivity contribution >= 4 is 27.8 Å². The van der Waals surface area contributed by atoms with Crippen LogP contribution in [-0.4, -0.2) is 41.6 Å². The van der Waals surface area contributed by atoms with Gasteiger partial charge in [0.1, 0.15) is 17.4 Å². The minimum Gasteiger partial charge on any atom is -0.453 e. The minimum atomic E-state index is -2.12. The first-order chi connectivity index (χ1) is 15.4. The molecule has 2 N–H and O–H groups in total. The zero-order chi connectivity index (χ0) is 22.8. The minimum absolute atomic E-state index is 0.0128. The first kappa shape index (κ1) is 21.8. The number of hydrogen-bond donors (Lipinski definition) is 2. The van der Waals surface area contributed by atoms with E-state index in [2.05, 4.69) is 9.71 Å². The Balaban J connectivity index is 1.65. The number of rotatable bonds is 6. The number of fused-ring (bicyclic) bond motifs is 1. The molecule has 1 aromatic heterocycles. The second kappa shape index (κ2) is 9.01. The molecule has 0 radical (unpaired) electrons. The summed E-state index contributed by atoms with van der Waals surface area (Å²) in [6, 6.07) is 8.58. The maximum absolute atomic E-state index is 14.6. The highest BCUT2D eigenvalue weighted by atomic mass is 32.2. The maximum atomic E-state index is 14.6. The monoisotopic (exact) mass is 458 g/mol. The number of halogens is 1. The lowest BCUT2D eigenvalue weighted by atomic mass is 10.1. The van der Waals surface area contributed by atoms with Gasteiger partial charge in [0.2, 0.25) is 11.2 Å². The van der Waals surface area contributed by atoms with Gasteiger partial charge < -0.3 is 9.30 Å². The van der Waals surface area contributed by atoms with Crippen LogP contribution in [0, 0.1) is 17.1 Å². The molecule has 1 unspecified atom stereocenters. The zero-order valence-electron chi connectivity index (χ0n) is 17.0. The highest BCUT2D eigenvalue weighted by Crippen LogP contribution is 2.34. The van der Waals surface area contributed by atoms with Crippen molar-refractivity contribution in [2.24, 2.45) is 7.05 Å². The maximum Gasteiger partial charge on any atom is 0.261 e. The molecule has 2 heterocycles. The molecular weight excluding hydrogens is 439 g/mol. The number of hydrazine groups is 1. The summed E-state index contributed by atoms with van der Waals surface area (Å²) in [5.41, 5.74) is -0.0967. The highest BCUT2D eigenvalue weighted by Gasteiger charge is 2.25. The Hall–Kier alpha value is -3.37. The third-order valence-corrected chi connectivity index (χ3v) is 5.92. The summed E-state index contributed by atoms with van der Waals surface area (Å²) >= 11 is -2.12. The van der Waals surface area contributed by atoms with Crippen LogP contribution in [0.15, 0.2) is 41.5 Å². The molecular formula is C20H19FN6O4S. The van der Waals surface area contributed by atoms with Crippen molar-refractivity contribution < 1.29 is 18.5 Å². The van der Waals surface area contributed by atoms with Gasteiger partial charge >= 0.3 is 0 Å². The Morgan fingerprint density at radius 3 is 2.78 bits per heavy atom. The van der Waals surface area contributed by atoms with Crippen LogP contribution in [0.2, 0.25) is 0 Å². The summed E-state index contributed by atoms with van der Waals surface area (Å²) in [5.74, 6) is -1.10. The SMILES string of the molecule is Cn1cnc2ccc(Oc3c(F)ccc(NS(=O)N(O)N4CCCC4)c3C#N)cc2c1=O. The second-order valence-electron chi connectivity index (χ2n) is 7.12. The summed E-state index contributed by atoms with van der Waals surface area (Å²) in [6.45, 7) is 1.09. The van der Waals surface area contributed by atoms with Gasteiger partial charge in [0.15, 0.2) is 11.6 Å². The molecule has 32 heavy (non-hydrogen) atoms. The average molecular weight is 458 g/mol. The van der Waals surface area contributed by atoms with Crippen LogP contribution >= 0.6 is 0 Å².